The van der Waals surface area contributed by atoms with Gasteiger partial charge < -0.3 is 28.8 Å². The van der Waals surface area contributed by atoms with Crippen molar-refractivity contribution in [2.75, 3.05) is 0 Å². The molecule has 0 unspecified atom stereocenters. The first-order valence-electron chi connectivity index (χ1n) is 50.0. The molecule has 0 saturated carbocycles. The van der Waals surface area contributed by atoms with Crippen LogP contribution in [0.4, 0.5) is 26.3 Å². The van der Waals surface area contributed by atoms with Crippen molar-refractivity contribution in [1.82, 2.24) is 19.9 Å². The van der Waals surface area contributed by atoms with E-state index in [9.17, 15) is 26.3 Å². The third-order valence-electron chi connectivity index (χ3n) is 20.9. The molecule has 0 aliphatic heterocycles. The number of alkyl halides is 6. The first kappa shape index (κ1) is 61.5. The van der Waals surface area contributed by atoms with Gasteiger partial charge in [-0.15, -0.1) is 95.1 Å². The summed E-state index contributed by atoms with van der Waals surface area (Å²) in [5, 5.41) is 11.5. The van der Waals surface area contributed by atoms with E-state index in [1.807, 2.05) is 178 Å². The molecule has 0 saturated heterocycles. The predicted octanol–water partition coefficient (Wildman–Crippen LogP) is 31.1. The van der Waals surface area contributed by atoms with E-state index in [1.54, 1.807) is 48.7 Å². The van der Waals surface area contributed by atoms with Crippen LogP contribution in [0, 0.1) is 77.6 Å². The standard InChI is InChI=1S/2C34H21F3NO.C23H24N.C19H16N.2Ir/c2*1-19-14-23(34(35,36)37)12-13-24(19)28-16-31(38-18-20(28)2)27-9-5-8-26-30-15-22-11-10-21-6-3-4-7-25(21)29(22)17-32(30)39-33(26)27;1-17-10-12-20(14-21(17)19-8-6-5-7-9-19)22-13-11-18(16-24-22)15-23(2,3)4;1-14-8-11-19(20-13-14)17-10-9-15(2)18(12-17)16-6-4-3-5-7-16;;/h2*3-8,10-18H,1-2H3;5-11,13-14,16H,15H2,1-4H3;3-9,11-13H,1-2H3;;/q4*-1;;/i2*1D3,2D3;1D3,15D2;1D3,2D3;;. The number of hydrogen-bond donors (Lipinski definition) is 0. The summed E-state index contributed by atoms with van der Waals surface area (Å²) in [5.41, 5.74) is 4.47. The molecule has 124 heavy (non-hydrogen) atoms. The zero-order chi connectivity index (χ0) is 104. The van der Waals surface area contributed by atoms with E-state index in [1.165, 1.54) is 36.5 Å². The van der Waals surface area contributed by atoms with E-state index in [-0.39, 0.29) is 102 Å². The van der Waals surface area contributed by atoms with Gasteiger partial charge in [0.25, 0.3) is 0 Å². The second kappa shape index (κ2) is 35.6. The van der Waals surface area contributed by atoms with Gasteiger partial charge in [-0.1, -0.05) is 249 Å². The topological polar surface area (TPSA) is 77.8 Å². The van der Waals surface area contributed by atoms with Gasteiger partial charge >= 0.3 is 12.4 Å². The third kappa shape index (κ3) is 18.0. The van der Waals surface area contributed by atoms with Crippen molar-refractivity contribution >= 4 is 87.0 Å². The van der Waals surface area contributed by atoms with Crippen LogP contribution in [0.15, 0.2) is 313 Å². The fraction of sp³-hybridized carbons (Fsp3) is 0.127. The number of aryl methyl sites for hydroxylation is 7. The van der Waals surface area contributed by atoms with Crippen molar-refractivity contribution in [3.63, 3.8) is 0 Å². The van der Waals surface area contributed by atoms with Crippen LogP contribution in [-0.2, 0) is 58.9 Å². The van der Waals surface area contributed by atoms with E-state index in [0.717, 1.165) is 112 Å². The molecule has 0 spiro atoms. The van der Waals surface area contributed by atoms with Crippen molar-refractivity contribution < 1.29 is 107 Å². The Labute approximate surface area is 775 Å². The number of aromatic nitrogens is 4. The molecule has 0 aliphatic carbocycles. The van der Waals surface area contributed by atoms with Crippen LogP contribution in [0.2, 0.25) is 0 Å². The SMILES string of the molecule is [2H]C([2H])([2H])c1c[c-]c(-c2ccc(C([2H])([2H])C(C)(C)C)cn2)cc1-c1ccccc1.[2H]C([2H])([2H])c1ccc(-c2[c-]cc(C([2H])([2H])[2H])c(-c3ccccc3)c2)nc1.[2H]C([2H])([2H])c1cnc(-c2[c-]ccc3c2oc2cc4c(ccc5ccccc54)cc23)cc1-c1ccc(C(F)(F)F)cc1C([2H])([2H])[2H].[2H]C([2H])([2H])c1cnc(-c2[c-]ccc3c2oc2cc4c(ccc5ccccc54)cc23)cc1-c1ccc(C(F)(F)F)cc1C([2H])([2H])[2H].[Ir].[Ir]. The molecule has 0 aliphatic rings. The molecular formula is C110H82F6Ir2N4O2-4. The smallest absolute Gasteiger partial charge is 0.416 e. The van der Waals surface area contributed by atoms with Crippen LogP contribution in [0.5, 0.6) is 0 Å². The Balaban J connectivity index is 0.000000150. The number of fused-ring (bicyclic) bond motifs is 12. The minimum Gasteiger partial charge on any atom is -0.501 e. The fourth-order valence-electron chi connectivity index (χ4n) is 15.0. The van der Waals surface area contributed by atoms with Crippen molar-refractivity contribution in [3.8, 4) is 89.5 Å². The number of halogens is 6. The van der Waals surface area contributed by atoms with Crippen LogP contribution < -0.4 is 0 Å². The Morgan fingerprint density at radius 1 is 0.331 bits per heavy atom. The summed E-state index contributed by atoms with van der Waals surface area (Å²) in [7, 11) is 0. The van der Waals surface area contributed by atoms with Gasteiger partial charge in [0, 0.05) is 107 Å². The molecule has 2 radical (unpaired) electrons. The van der Waals surface area contributed by atoms with Gasteiger partial charge in [0.05, 0.1) is 22.3 Å². The quantitative estimate of drug-likeness (QED) is 0.0814. The summed E-state index contributed by atoms with van der Waals surface area (Å²) in [6, 6.07) is 90.6. The van der Waals surface area contributed by atoms with Crippen LogP contribution in [-0.4, -0.2) is 19.9 Å². The Kier molecular flexibility index (Phi) is 17.6. The Morgan fingerprint density at radius 3 is 1.17 bits per heavy atom. The number of rotatable bonds is 9. The first-order valence-corrected chi connectivity index (χ1v) is 38.5. The molecule has 0 N–H and O–H groups in total. The first-order chi connectivity index (χ1) is 68.0. The van der Waals surface area contributed by atoms with Crippen LogP contribution in [0.3, 0.4) is 0 Å². The monoisotopic (exact) mass is 2010 g/mol. The predicted molar refractivity (Wildman–Crippen MR) is 487 cm³/mol. The van der Waals surface area contributed by atoms with Crippen LogP contribution in [0.1, 0.15) is 108 Å². The summed E-state index contributed by atoms with van der Waals surface area (Å²) >= 11 is 0. The van der Waals surface area contributed by atoms with Crippen LogP contribution in [0.25, 0.3) is 177 Å². The maximum absolute atomic E-state index is 13.6. The van der Waals surface area contributed by atoms with Crippen molar-refractivity contribution in [3.05, 3.63) is 384 Å². The number of hydrogen-bond acceptors (Lipinski definition) is 6. The summed E-state index contributed by atoms with van der Waals surface area (Å²) in [5.74, 6) is 0. The number of benzene rings is 14. The average Bonchev–Trinajstić information content (AvgIpc) is 1.56. The Bertz CT molecular complexity index is 8040. The molecule has 14 aromatic carbocycles. The summed E-state index contributed by atoms with van der Waals surface area (Å²) in [6.07, 6.45) is -6.04. The van der Waals surface area contributed by atoms with Gasteiger partial charge in [-0.05, 0) is 227 Å². The molecular weight excluding hydrogens is 1910 g/mol. The molecule has 14 heteroatoms. The van der Waals surface area contributed by atoms with Gasteiger partial charge in [-0.2, -0.15) is 26.3 Å². The Morgan fingerprint density at radius 2 is 0.758 bits per heavy atom. The molecule has 0 bridgehead atoms. The molecule has 6 heterocycles. The zero-order valence-corrected chi connectivity index (χ0v) is 70.7. The van der Waals surface area contributed by atoms with Gasteiger partial charge in [-0.3, -0.25) is 0 Å². The summed E-state index contributed by atoms with van der Waals surface area (Å²) < 4.78 is 276. The van der Waals surface area contributed by atoms with E-state index in [0.29, 0.717) is 84.8 Å². The summed E-state index contributed by atoms with van der Waals surface area (Å²) in [4.78, 5) is 17.4. The second-order valence-corrected chi connectivity index (χ2v) is 30.2. The van der Waals surface area contributed by atoms with E-state index < -0.39 is 94.4 Å². The van der Waals surface area contributed by atoms with Crippen molar-refractivity contribution in [2.45, 2.75) is 87.5 Å². The molecule has 6 nitrogen and oxygen atoms in total. The van der Waals surface area contributed by atoms with E-state index >= 15 is 0 Å². The van der Waals surface area contributed by atoms with Gasteiger partial charge in [-0.25, -0.2) is 0 Å². The van der Waals surface area contributed by atoms with E-state index in [4.69, 9.17) is 40.4 Å². The molecule has 0 amide bonds. The molecule has 0 fully saturated rings. The molecule has 20 aromatic rings. The zero-order valence-electron chi connectivity index (χ0n) is 88.9. The van der Waals surface area contributed by atoms with Gasteiger partial charge in [0.15, 0.2) is 0 Å². The number of furan rings is 2. The molecule has 0 atom stereocenters. The van der Waals surface area contributed by atoms with E-state index in [2.05, 4.69) is 56.3 Å². The van der Waals surface area contributed by atoms with Gasteiger partial charge in [0.2, 0.25) is 0 Å². The largest absolute Gasteiger partial charge is 0.501 e. The maximum atomic E-state index is 13.6. The summed E-state index contributed by atoms with van der Waals surface area (Å²) in [6.45, 7) is -12.6. The fourth-order valence-corrected chi connectivity index (χ4v) is 15.0. The number of nitrogens with zero attached hydrogens (tertiary/aromatic N) is 4. The maximum Gasteiger partial charge on any atom is 0.416 e. The van der Waals surface area contributed by atoms with Crippen molar-refractivity contribution in [1.29, 1.82) is 0 Å². The molecule has 20 rings (SSSR count). The average molecular weight is 2010 g/mol. The number of pyridine rings is 4. The minimum atomic E-state index is -4.79. The second-order valence-electron chi connectivity index (χ2n) is 30.2. The van der Waals surface area contributed by atoms with Gasteiger partial charge in [0.1, 0.15) is 11.2 Å². The normalized spacial score (nSPS) is 15.2. The molecule has 6 aromatic heterocycles. The molecule has 618 valence electrons. The van der Waals surface area contributed by atoms with Crippen molar-refractivity contribution in [2.24, 2.45) is 5.41 Å². The van der Waals surface area contributed by atoms with Crippen LogP contribution >= 0.6 is 0 Å². The minimum absolute atomic E-state index is 0. The Hall–Kier alpha value is -12.8. The third-order valence-corrected chi connectivity index (χ3v) is 20.9.